The number of morpholine rings is 1. The fourth-order valence-corrected chi connectivity index (χ4v) is 4.35. The summed E-state index contributed by atoms with van der Waals surface area (Å²) in [5.41, 5.74) is 5.18. The summed E-state index contributed by atoms with van der Waals surface area (Å²) in [5.74, 6) is 1.32. The van der Waals surface area contributed by atoms with Crippen LogP contribution in [0, 0.1) is 4.91 Å². The van der Waals surface area contributed by atoms with Gasteiger partial charge in [-0.2, -0.15) is 10.0 Å². The molecule has 1 saturated heterocycles. The highest BCUT2D eigenvalue weighted by atomic mass is 32.2. The fourth-order valence-electron chi connectivity index (χ4n) is 3.30. The summed E-state index contributed by atoms with van der Waals surface area (Å²) in [6.07, 6.45) is 3.60. The topological polar surface area (TPSA) is 116 Å². The molecule has 2 N–H and O–H groups in total. The van der Waals surface area contributed by atoms with Crippen LogP contribution in [-0.2, 0) is 4.74 Å². The molecule has 0 saturated carbocycles. The summed E-state index contributed by atoms with van der Waals surface area (Å²) in [6, 6.07) is 7.81. The number of nitrogens with one attached hydrogen (secondary N) is 1. The van der Waals surface area contributed by atoms with E-state index in [0.717, 1.165) is 16.9 Å². The molecule has 1 aliphatic heterocycles. The monoisotopic (exact) mass is 503 g/mol. The quantitative estimate of drug-likeness (QED) is 0.132. The Morgan fingerprint density at radius 1 is 1.29 bits per heavy atom. The van der Waals surface area contributed by atoms with Crippen molar-refractivity contribution < 1.29 is 9.84 Å². The van der Waals surface area contributed by atoms with E-state index in [2.05, 4.69) is 20.6 Å². The molecule has 34 heavy (non-hydrogen) atoms. The molecule has 3 rings (SSSR count). The first kappa shape index (κ1) is 26.1. The predicted octanol–water partition coefficient (Wildman–Crippen LogP) is 2.50. The van der Waals surface area contributed by atoms with Crippen LogP contribution in [0.2, 0.25) is 0 Å². The van der Waals surface area contributed by atoms with E-state index < -0.39 is 0 Å². The Bertz CT molecular complexity index is 1000. The first-order chi connectivity index (χ1) is 16.7. The van der Waals surface area contributed by atoms with Crippen molar-refractivity contribution in [3.63, 3.8) is 0 Å². The lowest BCUT2D eigenvalue weighted by atomic mass is 10.1. The third-order valence-electron chi connectivity index (χ3n) is 4.96. The zero-order valence-corrected chi connectivity index (χ0v) is 20.7. The Kier molecular flexibility index (Phi) is 10.8. The number of hydrogen-bond acceptors (Lipinski definition) is 12. The second-order valence-corrected chi connectivity index (χ2v) is 8.63. The molecular formula is C22H29N7O3S2. The summed E-state index contributed by atoms with van der Waals surface area (Å²) in [5, 5.41) is 18.2. The summed E-state index contributed by atoms with van der Waals surface area (Å²) in [7, 11) is 1.74. The first-order valence-electron chi connectivity index (χ1n) is 10.9. The van der Waals surface area contributed by atoms with Crippen LogP contribution < -0.4 is 10.3 Å². The summed E-state index contributed by atoms with van der Waals surface area (Å²) in [6.45, 7) is 3.69. The van der Waals surface area contributed by atoms with Gasteiger partial charge in [0.15, 0.2) is 5.82 Å². The molecule has 2 aromatic rings. The number of aliphatic hydroxyl groups excluding tert-OH is 1. The number of nitroso groups, excluding NO2 is 1. The van der Waals surface area contributed by atoms with Crippen molar-refractivity contribution in [2.75, 3.05) is 64.5 Å². The number of nitrogens with zero attached hydrogens (tertiary/aromatic N) is 6. The fraction of sp³-hybridized carbons (Fsp3) is 0.409. The van der Waals surface area contributed by atoms with E-state index in [4.69, 9.17) is 27.3 Å². The van der Waals surface area contributed by atoms with Crippen molar-refractivity contribution in [1.29, 1.82) is 0 Å². The van der Waals surface area contributed by atoms with Gasteiger partial charge < -0.3 is 20.2 Å². The minimum atomic E-state index is -0.0126. The molecule has 1 aromatic heterocycles. The van der Waals surface area contributed by atoms with Gasteiger partial charge in [0.1, 0.15) is 5.82 Å². The minimum absolute atomic E-state index is 0.0126. The maximum Gasteiger partial charge on any atom is 0.162 e. The highest BCUT2D eigenvalue weighted by Crippen LogP contribution is 2.31. The van der Waals surface area contributed by atoms with Crippen LogP contribution >= 0.6 is 24.6 Å². The number of benzene rings is 1. The highest BCUT2D eigenvalue weighted by molar-refractivity contribution is 8.00. The van der Waals surface area contributed by atoms with Crippen molar-refractivity contribution in [3.05, 3.63) is 45.8 Å². The number of aromatic nitrogens is 2. The third kappa shape index (κ3) is 7.24. The number of aliphatic hydroxyl groups is 1. The van der Waals surface area contributed by atoms with Gasteiger partial charge in [0.2, 0.25) is 0 Å². The maximum absolute atomic E-state index is 10.5. The van der Waals surface area contributed by atoms with Crippen LogP contribution in [0.15, 0.2) is 44.8 Å². The van der Waals surface area contributed by atoms with Gasteiger partial charge in [-0.3, -0.25) is 0 Å². The molecule has 1 fully saturated rings. The van der Waals surface area contributed by atoms with Crippen molar-refractivity contribution in [2.45, 2.75) is 4.90 Å². The average Bonchev–Trinajstić information content (AvgIpc) is 2.87. The smallest absolute Gasteiger partial charge is 0.162 e. The molecule has 0 radical (unpaired) electrons. The second kappa shape index (κ2) is 14.0. The lowest BCUT2D eigenvalue weighted by molar-refractivity contribution is 0.122. The molecule has 0 spiro atoms. The molecule has 0 amide bonds. The third-order valence-corrected chi connectivity index (χ3v) is 6.31. The largest absolute Gasteiger partial charge is 0.395 e. The summed E-state index contributed by atoms with van der Waals surface area (Å²) < 4.78 is 7.37. The van der Waals surface area contributed by atoms with Gasteiger partial charge in [0.05, 0.1) is 43.2 Å². The predicted molar refractivity (Wildman–Crippen MR) is 140 cm³/mol. The van der Waals surface area contributed by atoms with E-state index in [1.165, 1.54) is 11.9 Å². The molecule has 182 valence electrons. The Balaban J connectivity index is 1.98. The number of rotatable bonds is 12. The second-order valence-electron chi connectivity index (χ2n) is 7.19. The zero-order chi connectivity index (χ0) is 24.2. The SMILES string of the molecule is CN/N=C\c1ccccc1-c1nc(/C=C/SN(CCO)CCN=O)c(S)c(N2CCOCC2)n1. The van der Waals surface area contributed by atoms with E-state index in [1.54, 1.807) is 13.3 Å². The van der Waals surface area contributed by atoms with Crippen LogP contribution in [0.4, 0.5) is 5.82 Å². The van der Waals surface area contributed by atoms with Gasteiger partial charge in [-0.1, -0.05) is 41.4 Å². The van der Waals surface area contributed by atoms with Gasteiger partial charge in [-0.25, -0.2) is 14.3 Å². The van der Waals surface area contributed by atoms with Gasteiger partial charge in [-0.15, -0.1) is 12.6 Å². The minimum Gasteiger partial charge on any atom is -0.395 e. The number of anilines is 1. The van der Waals surface area contributed by atoms with Crippen LogP contribution in [0.3, 0.4) is 0 Å². The van der Waals surface area contributed by atoms with Crippen molar-refractivity contribution in [3.8, 4) is 11.4 Å². The van der Waals surface area contributed by atoms with E-state index in [0.29, 0.717) is 55.8 Å². The van der Waals surface area contributed by atoms with E-state index in [1.807, 2.05) is 40.1 Å². The Morgan fingerprint density at radius 2 is 2.09 bits per heavy atom. The van der Waals surface area contributed by atoms with E-state index in [9.17, 15) is 10.0 Å². The Labute approximate surface area is 209 Å². The lowest BCUT2D eigenvalue weighted by Gasteiger charge is -2.29. The van der Waals surface area contributed by atoms with Crippen LogP contribution in [0.25, 0.3) is 17.5 Å². The highest BCUT2D eigenvalue weighted by Gasteiger charge is 2.20. The van der Waals surface area contributed by atoms with Crippen molar-refractivity contribution >= 4 is 42.7 Å². The molecule has 10 nitrogen and oxygen atoms in total. The molecule has 2 heterocycles. The van der Waals surface area contributed by atoms with E-state index in [-0.39, 0.29) is 13.2 Å². The molecule has 0 bridgehead atoms. The first-order valence-corrected chi connectivity index (χ1v) is 12.2. The number of thiol groups is 1. The van der Waals surface area contributed by atoms with Crippen LogP contribution in [0.5, 0.6) is 0 Å². The van der Waals surface area contributed by atoms with Crippen molar-refractivity contribution in [1.82, 2.24) is 19.7 Å². The Morgan fingerprint density at radius 3 is 2.82 bits per heavy atom. The summed E-state index contributed by atoms with van der Waals surface area (Å²) in [4.78, 5) is 23.0. The number of hydrazone groups is 1. The molecule has 1 aliphatic rings. The standard InChI is InChI=1S/C22H29N7O3S2/c1-23-24-16-17-4-2-3-5-18(17)21-26-19(6-15-34-29(9-12-30)8-7-25-31)20(33)22(27-21)28-10-13-32-14-11-28/h2-6,15-16,23,30,33H,7-14H2,1H3/b15-6+,24-16-. The lowest BCUT2D eigenvalue weighted by Crippen LogP contribution is -2.37. The maximum atomic E-state index is 10.5. The number of hydrogen-bond donors (Lipinski definition) is 3. The van der Waals surface area contributed by atoms with Gasteiger partial charge in [0.25, 0.3) is 0 Å². The van der Waals surface area contributed by atoms with Gasteiger partial charge in [0, 0.05) is 44.4 Å². The van der Waals surface area contributed by atoms with Gasteiger partial charge >= 0.3 is 0 Å². The Hall–Kier alpha value is -2.51. The molecule has 0 unspecified atom stereocenters. The van der Waals surface area contributed by atoms with E-state index >= 15 is 0 Å². The number of ether oxygens (including phenoxy) is 1. The normalized spacial score (nSPS) is 14.4. The molecule has 0 atom stereocenters. The average molecular weight is 504 g/mol. The van der Waals surface area contributed by atoms with Crippen LogP contribution in [-0.4, -0.2) is 85.2 Å². The molecular weight excluding hydrogens is 474 g/mol. The summed E-state index contributed by atoms with van der Waals surface area (Å²) >= 11 is 6.16. The molecule has 1 aromatic carbocycles. The van der Waals surface area contributed by atoms with Crippen LogP contribution in [0.1, 0.15) is 11.3 Å². The zero-order valence-electron chi connectivity index (χ0n) is 19.0. The van der Waals surface area contributed by atoms with Crippen molar-refractivity contribution in [2.24, 2.45) is 10.3 Å². The molecule has 12 heteroatoms. The molecule has 0 aliphatic carbocycles. The van der Waals surface area contributed by atoms with Gasteiger partial charge in [-0.05, 0) is 11.5 Å².